The van der Waals surface area contributed by atoms with E-state index in [1.165, 1.54) is 6.33 Å². The number of anilines is 1. The van der Waals surface area contributed by atoms with E-state index in [0.29, 0.717) is 11.3 Å². The van der Waals surface area contributed by atoms with E-state index in [0.717, 1.165) is 11.3 Å². The van der Waals surface area contributed by atoms with Crippen molar-refractivity contribution in [1.29, 1.82) is 0 Å². The Balaban J connectivity index is 1.58. The molecule has 0 unspecified atom stereocenters. The minimum Gasteiger partial charge on any atom is -0.326 e. The van der Waals surface area contributed by atoms with Gasteiger partial charge in [-0.05, 0) is 41.1 Å². The quantitative estimate of drug-likeness (QED) is 0.699. The van der Waals surface area contributed by atoms with Gasteiger partial charge in [0.05, 0.1) is 5.69 Å². The molecule has 1 heterocycles. The summed E-state index contributed by atoms with van der Waals surface area (Å²) in [7, 11) is 0. The van der Waals surface area contributed by atoms with E-state index in [1.807, 2.05) is 37.3 Å². The summed E-state index contributed by atoms with van der Waals surface area (Å²) in [6.45, 7) is 1.91. The van der Waals surface area contributed by atoms with Crippen LogP contribution in [0, 0.1) is 6.92 Å². The molecule has 2 aromatic carbocycles. The highest BCUT2D eigenvalue weighted by atomic mass is 16.2. The number of rotatable bonds is 6. The van der Waals surface area contributed by atoms with Crippen LogP contribution in [0.5, 0.6) is 0 Å². The van der Waals surface area contributed by atoms with E-state index in [9.17, 15) is 9.59 Å². The van der Waals surface area contributed by atoms with Crippen molar-refractivity contribution >= 4 is 17.4 Å². The fourth-order valence-electron chi connectivity index (χ4n) is 2.48. The van der Waals surface area contributed by atoms with Crippen LogP contribution in [0.4, 0.5) is 5.69 Å². The van der Waals surface area contributed by atoms with Gasteiger partial charge in [0.25, 0.3) is 0 Å². The number of nitrogens with zero attached hydrogens (tertiary/aromatic N) is 4. The van der Waals surface area contributed by atoms with E-state index in [1.54, 1.807) is 22.9 Å². The molecule has 0 bridgehead atoms. The van der Waals surface area contributed by atoms with Crippen molar-refractivity contribution in [3.05, 3.63) is 66.0 Å². The zero-order chi connectivity index (χ0) is 17.6. The van der Waals surface area contributed by atoms with Crippen molar-refractivity contribution in [3.63, 3.8) is 0 Å². The second-order valence-corrected chi connectivity index (χ2v) is 5.59. The zero-order valence-electron chi connectivity index (χ0n) is 13.7. The van der Waals surface area contributed by atoms with Crippen LogP contribution in [-0.4, -0.2) is 31.9 Å². The van der Waals surface area contributed by atoms with E-state index in [4.69, 9.17) is 0 Å². The lowest BCUT2D eigenvalue weighted by molar-refractivity contribution is -0.116. The van der Waals surface area contributed by atoms with E-state index in [2.05, 4.69) is 20.8 Å². The van der Waals surface area contributed by atoms with Crippen molar-refractivity contribution < 1.29 is 9.59 Å². The lowest BCUT2D eigenvalue weighted by Crippen LogP contribution is -2.13. The third-order valence-electron chi connectivity index (χ3n) is 3.75. The molecule has 7 heteroatoms. The summed E-state index contributed by atoms with van der Waals surface area (Å²) in [5.74, 6) is -0.236. The Hall–Kier alpha value is -3.35. The van der Waals surface area contributed by atoms with Gasteiger partial charge in [-0.3, -0.25) is 9.59 Å². The second kappa shape index (κ2) is 7.48. The molecule has 3 rings (SSSR count). The van der Waals surface area contributed by atoms with Gasteiger partial charge in [-0.2, -0.15) is 0 Å². The van der Waals surface area contributed by atoms with Gasteiger partial charge >= 0.3 is 0 Å². The first-order chi connectivity index (χ1) is 12.1. The van der Waals surface area contributed by atoms with Gasteiger partial charge < -0.3 is 5.32 Å². The molecule has 126 valence electrons. The Morgan fingerprint density at radius 1 is 1.08 bits per heavy atom. The minimum absolute atomic E-state index is 0.0408. The Bertz CT molecular complexity index is 876. The SMILES string of the molecule is Cc1cc(NC(=O)CCC(=O)c2ccccc2)ccc1-n1cnnn1. The number of hydrogen-bond acceptors (Lipinski definition) is 5. The number of aromatic nitrogens is 4. The summed E-state index contributed by atoms with van der Waals surface area (Å²) in [4.78, 5) is 24.1. The van der Waals surface area contributed by atoms with Gasteiger partial charge in [0.2, 0.25) is 5.91 Å². The number of nitrogens with one attached hydrogen (secondary N) is 1. The highest BCUT2D eigenvalue weighted by Crippen LogP contribution is 2.18. The summed E-state index contributed by atoms with van der Waals surface area (Å²) in [6, 6.07) is 14.4. The maximum atomic E-state index is 12.1. The van der Waals surface area contributed by atoms with E-state index >= 15 is 0 Å². The van der Waals surface area contributed by atoms with Gasteiger partial charge in [0.15, 0.2) is 5.78 Å². The molecule has 0 spiro atoms. The molecule has 7 nitrogen and oxygen atoms in total. The molecule has 0 saturated heterocycles. The zero-order valence-corrected chi connectivity index (χ0v) is 13.7. The van der Waals surface area contributed by atoms with Crippen molar-refractivity contribution in [2.75, 3.05) is 5.32 Å². The molecule has 0 aliphatic carbocycles. The number of aryl methyl sites for hydroxylation is 1. The van der Waals surface area contributed by atoms with Crippen LogP contribution < -0.4 is 5.32 Å². The maximum Gasteiger partial charge on any atom is 0.224 e. The summed E-state index contributed by atoms with van der Waals surface area (Å²) in [5.41, 5.74) is 3.05. The monoisotopic (exact) mass is 335 g/mol. The molecule has 25 heavy (non-hydrogen) atoms. The number of Topliss-reactive ketones (excluding diaryl/α,β-unsaturated/α-hetero) is 1. The molecule has 0 saturated carbocycles. The minimum atomic E-state index is -0.196. The normalized spacial score (nSPS) is 10.4. The van der Waals surface area contributed by atoms with Crippen LogP contribution in [0.2, 0.25) is 0 Å². The molecule has 0 aliphatic rings. The average molecular weight is 335 g/mol. The molecule has 0 aliphatic heterocycles. The number of carbonyl (C=O) groups excluding carboxylic acids is 2. The van der Waals surface area contributed by atoms with Crippen molar-refractivity contribution in [2.45, 2.75) is 19.8 Å². The number of hydrogen-bond donors (Lipinski definition) is 1. The smallest absolute Gasteiger partial charge is 0.224 e. The van der Waals surface area contributed by atoms with E-state index in [-0.39, 0.29) is 24.5 Å². The number of tetrazole rings is 1. The molecule has 1 aromatic heterocycles. The molecular formula is C18H17N5O2. The Labute approximate surface area is 144 Å². The van der Waals surface area contributed by atoms with Crippen LogP contribution in [-0.2, 0) is 4.79 Å². The summed E-state index contributed by atoms with van der Waals surface area (Å²) >= 11 is 0. The Morgan fingerprint density at radius 3 is 2.56 bits per heavy atom. The predicted molar refractivity (Wildman–Crippen MR) is 92.5 cm³/mol. The van der Waals surface area contributed by atoms with Crippen molar-refractivity contribution in [1.82, 2.24) is 20.2 Å². The first-order valence-electron chi connectivity index (χ1n) is 7.85. The highest BCUT2D eigenvalue weighted by molar-refractivity contribution is 6.00. The van der Waals surface area contributed by atoms with Crippen LogP contribution >= 0.6 is 0 Å². The first-order valence-corrected chi connectivity index (χ1v) is 7.85. The molecule has 0 fully saturated rings. The van der Waals surface area contributed by atoms with Crippen molar-refractivity contribution in [3.8, 4) is 5.69 Å². The lowest BCUT2D eigenvalue weighted by Gasteiger charge is -2.09. The van der Waals surface area contributed by atoms with Crippen molar-refractivity contribution in [2.24, 2.45) is 0 Å². The number of benzene rings is 2. The molecule has 1 amide bonds. The third kappa shape index (κ3) is 4.14. The summed E-state index contributed by atoms with van der Waals surface area (Å²) < 4.78 is 1.56. The maximum absolute atomic E-state index is 12.1. The van der Waals surface area contributed by atoms with Crippen LogP contribution in [0.15, 0.2) is 54.9 Å². The fourth-order valence-corrected chi connectivity index (χ4v) is 2.48. The third-order valence-corrected chi connectivity index (χ3v) is 3.75. The van der Waals surface area contributed by atoms with Crippen LogP contribution in [0.25, 0.3) is 5.69 Å². The molecule has 1 N–H and O–H groups in total. The fraction of sp³-hybridized carbons (Fsp3) is 0.167. The highest BCUT2D eigenvalue weighted by Gasteiger charge is 2.10. The second-order valence-electron chi connectivity index (χ2n) is 5.59. The van der Waals surface area contributed by atoms with Gasteiger partial charge in [-0.15, -0.1) is 5.10 Å². The lowest BCUT2D eigenvalue weighted by atomic mass is 10.1. The van der Waals surface area contributed by atoms with Gasteiger partial charge in [-0.25, -0.2) is 4.68 Å². The van der Waals surface area contributed by atoms with Gasteiger partial charge in [0.1, 0.15) is 6.33 Å². The molecule has 0 atom stereocenters. The van der Waals surface area contributed by atoms with Gasteiger partial charge in [-0.1, -0.05) is 30.3 Å². The molecule has 3 aromatic rings. The van der Waals surface area contributed by atoms with Gasteiger partial charge in [0, 0.05) is 24.1 Å². The predicted octanol–water partition coefficient (Wildman–Crippen LogP) is 2.57. The molecular weight excluding hydrogens is 318 g/mol. The average Bonchev–Trinajstić information content (AvgIpc) is 3.15. The van der Waals surface area contributed by atoms with E-state index < -0.39 is 0 Å². The number of carbonyl (C=O) groups is 2. The standard InChI is InChI=1S/C18H17N5O2/c1-13-11-15(7-8-16(13)23-12-19-21-22-23)20-18(25)10-9-17(24)14-5-3-2-4-6-14/h2-8,11-12H,9-10H2,1H3,(H,20,25). The largest absolute Gasteiger partial charge is 0.326 e. The summed E-state index contributed by atoms with van der Waals surface area (Å²) in [6.07, 6.45) is 1.83. The topological polar surface area (TPSA) is 89.8 Å². The van der Waals surface area contributed by atoms with Crippen LogP contribution in [0.1, 0.15) is 28.8 Å². The Kier molecular flexibility index (Phi) is 4.94. The summed E-state index contributed by atoms with van der Waals surface area (Å²) in [5, 5.41) is 13.9. The molecule has 0 radical (unpaired) electrons. The number of amides is 1. The van der Waals surface area contributed by atoms with Crippen LogP contribution in [0.3, 0.4) is 0 Å². The first kappa shape index (κ1) is 16.5. The Morgan fingerprint density at radius 2 is 1.88 bits per heavy atom. The number of ketones is 1.